The number of hydrogen-bond acceptors (Lipinski definition) is 4. The van der Waals surface area contributed by atoms with E-state index in [1.54, 1.807) is 0 Å². The summed E-state index contributed by atoms with van der Waals surface area (Å²) >= 11 is 5.25. The summed E-state index contributed by atoms with van der Waals surface area (Å²) in [7, 11) is 0. The van der Waals surface area contributed by atoms with Crippen molar-refractivity contribution < 1.29 is 4.29 Å². The van der Waals surface area contributed by atoms with Crippen molar-refractivity contribution in [2.45, 2.75) is 32.2 Å². The summed E-state index contributed by atoms with van der Waals surface area (Å²) < 4.78 is 4.55. The molecule has 4 N–H and O–H groups in total. The first-order chi connectivity index (χ1) is 6.72. The van der Waals surface area contributed by atoms with Crippen molar-refractivity contribution in [3.8, 4) is 0 Å². The van der Waals surface area contributed by atoms with Crippen molar-refractivity contribution in [3.63, 3.8) is 0 Å². The lowest BCUT2D eigenvalue weighted by molar-refractivity contribution is 0.249. The van der Waals surface area contributed by atoms with Crippen LogP contribution in [0.4, 0.5) is 0 Å². The quantitative estimate of drug-likeness (QED) is 0.556. The molecule has 4 nitrogen and oxygen atoms in total. The Bertz CT molecular complexity index is 250. The molecule has 0 spiro atoms. The first-order valence-electron chi connectivity index (χ1n) is 4.77. The average Bonchev–Trinajstić information content (AvgIpc) is 2.17. The maximum atomic E-state index is 5.54. The number of nitrogens with zero attached hydrogens (tertiary/aromatic N) is 1. The van der Waals surface area contributed by atoms with Crippen molar-refractivity contribution in [2.75, 3.05) is 0 Å². The van der Waals surface area contributed by atoms with Crippen LogP contribution in [0.5, 0.6) is 0 Å². The molecular formula is C9H16ClN3O. The number of rotatable bonds is 3. The van der Waals surface area contributed by atoms with Crippen LogP contribution in [0.1, 0.15) is 26.2 Å². The normalized spacial score (nSPS) is 28.4. The van der Waals surface area contributed by atoms with Crippen LogP contribution in [0.3, 0.4) is 0 Å². The van der Waals surface area contributed by atoms with Crippen LogP contribution in [0, 0.1) is 5.92 Å². The van der Waals surface area contributed by atoms with Gasteiger partial charge in [-0.2, -0.15) is 0 Å². The minimum absolute atomic E-state index is 0.234. The molecule has 0 aromatic carbocycles. The van der Waals surface area contributed by atoms with Gasteiger partial charge in [0.25, 0.3) is 5.90 Å². The van der Waals surface area contributed by atoms with Gasteiger partial charge in [-0.05, 0) is 18.8 Å². The zero-order valence-electron chi connectivity index (χ0n) is 8.24. The Hall–Kier alpha value is -0.900. The van der Waals surface area contributed by atoms with E-state index in [0.717, 1.165) is 12.8 Å². The molecule has 2 atom stereocenters. The van der Waals surface area contributed by atoms with Crippen molar-refractivity contribution in [2.24, 2.45) is 22.4 Å². The molecule has 1 aliphatic rings. The van der Waals surface area contributed by atoms with Gasteiger partial charge < -0.3 is 15.8 Å². The minimum Gasteiger partial charge on any atom is -0.403 e. The maximum Gasteiger partial charge on any atom is 0.257 e. The van der Waals surface area contributed by atoms with Gasteiger partial charge >= 0.3 is 0 Å². The molecule has 2 unspecified atom stereocenters. The zero-order valence-corrected chi connectivity index (χ0v) is 9.00. The SMILES string of the molecule is CCC1CCC1N=C(OCl)/C(N)=C\N. The van der Waals surface area contributed by atoms with E-state index >= 15 is 0 Å². The summed E-state index contributed by atoms with van der Waals surface area (Å²) in [5, 5.41) is 0. The van der Waals surface area contributed by atoms with E-state index in [2.05, 4.69) is 16.2 Å². The fraction of sp³-hybridized carbons (Fsp3) is 0.667. The van der Waals surface area contributed by atoms with Gasteiger partial charge in [0.2, 0.25) is 0 Å². The summed E-state index contributed by atoms with van der Waals surface area (Å²) in [4.78, 5) is 4.31. The lowest BCUT2D eigenvalue weighted by Gasteiger charge is -2.32. The molecule has 0 aliphatic heterocycles. The molecule has 1 aliphatic carbocycles. The van der Waals surface area contributed by atoms with Crippen molar-refractivity contribution in [1.29, 1.82) is 0 Å². The predicted octanol–water partition coefficient (Wildman–Crippen LogP) is 1.50. The second-order valence-electron chi connectivity index (χ2n) is 3.45. The van der Waals surface area contributed by atoms with E-state index < -0.39 is 0 Å². The molecule has 1 fully saturated rings. The lowest BCUT2D eigenvalue weighted by atomic mass is 9.78. The van der Waals surface area contributed by atoms with E-state index in [0.29, 0.717) is 5.92 Å². The van der Waals surface area contributed by atoms with E-state index in [4.69, 9.17) is 23.3 Å². The molecule has 0 heterocycles. The highest BCUT2D eigenvalue weighted by molar-refractivity contribution is 6.16. The molecule has 80 valence electrons. The average molecular weight is 218 g/mol. The van der Waals surface area contributed by atoms with Gasteiger partial charge in [0, 0.05) is 6.20 Å². The third kappa shape index (κ3) is 2.32. The fourth-order valence-electron chi connectivity index (χ4n) is 1.56. The topological polar surface area (TPSA) is 73.6 Å². The highest BCUT2D eigenvalue weighted by Gasteiger charge is 2.29. The standard InChI is InChI=1S/C9H16ClN3O/c1-2-6-3-4-8(6)13-9(14-10)7(12)5-11/h5-6,8H,2-4,11-12H2,1H3/b7-5+,13-9?. The van der Waals surface area contributed by atoms with Gasteiger partial charge in [-0.15, -0.1) is 0 Å². The fourth-order valence-corrected chi connectivity index (χ4v) is 1.69. The Morgan fingerprint density at radius 3 is 2.71 bits per heavy atom. The zero-order chi connectivity index (χ0) is 10.6. The van der Waals surface area contributed by atoms with Crippen molar-refractivity contribution in [3.05, 3.63) is 11.9 Å². The molecule has 1 saturated carbocycles. The number of hydrogen-bond donors (Lipinski definition) is 2. The molecule has 14 heavy (non-hydrogen) atoms. The Labute approximate surface area is 89.1 Å². The van der Waals surface area contributed by atoms with Crippen LogP contribution >= 0.6 is 11.9 Å². The van der Waals surface area contributed by atoms with E-state index in [1.165, 1.54) is 12.6 Å². The minimum atomic E-state index is 0.234. The molecule has 0 amide bonds. The Morgan fingerprint density at radius 1 is 1.64 bits per heavy atom. The van der Waals surface area contributed by atoms with Crippen LogP contribution in [-0.2, 0) is 4.29 Å². The van der Waals surface area contributed by atoms with Crippen LogP contribution in [0.25, 0.3) is 0 Å². The summed E-state index contributed by atoms with van der Waals surface area (Å²) in [6.07, 6.45) is 4.64. The number of aliphatic imine (C=N–C) groups is 1. The van der Waals surface area contributed by atoms with Crippen molar-refractivity contribution >= 4 is 17.8 Å². The van der Waals surface area contributed by atoms with E-state index in [-0.39, 0.29) is 17.6 Å². The summed E-state index contributed by atoms with van der Waals surface area (Å²) in [6.45, 7) is 2.15. The smallest absolute Gasteiger partial charge is 0.257 e. The lowest BCUT2D eigenvalue weighted by Crippen LogP contribution is -2.31. The Balaban J connectivity index is 2.64. The highest BCUT2D eigenvalue weighted by Crippen LogP contribution is 2.33. The van der Waals surface area contributed by atoms with E-state index in [9.17, 15) is 0 Å². The third-order valence-electron chi connectivity index (χ3n) is 2.68. The molecule has 0 bridgehead atoms. The summed E-state index contributed by atoms with van der Waals surface area (Å²) in [5.74, 6) is 0.861. The van der Waals surface area contributed by atoms with Crippen LogP contribution in [-0.4, -0.2) is 11.9 Å². The van der Waals surface area contributed by atoms with Gasteiger partial charge in [0.1, 0.15) is 17.6 Å². The van der Waals surface area contributed by atoms with Crippen molar-refractivity contribution in [1.82, 2.24) is 0 Å². The molecule has 5 heteroatoms. The van der Waals surface area contributed by atoms with Gasteiger partial charge in [0.15, 0.2) is 0 Å². The molecule has 0 aromatic heterocycles. The number of nitrogens with two attached hydrogens (primary N) is 2. The molecule has 0 aromatic rings. The van der Waals surface area contributed by atoms with Gasteiger partial charge in [-0.25, -0.2) is 4.99 Å². The van der Waals surface area contributed by atoms with Gasteiger partial charge in [-0.3, -0.25) is 0 Å². The number of halogens is 1. The second kappa shape index (κ2) is 5.10. The van der Waals surface area contributed by atoms with Gasteiger partial charge in [0.05, 0.1) is 6.04 Å². The molecule has 1 rings (SSSR count). The Kier molecular flexibility index (Phi) is 4.07. The Morgan fingerprint density at radius 2 is 2.36 bits per heavy atom. The third-order valence-corrected chi connectivity index (χ3v) is 2.83. The maximum absolute atomic E-state index is 5.54. The highest BCUT2D eigenvalue weighted by atomic mass is 35.5. The molecular weight excluding hydrogens is 202 g/mol. The second-order valence-corrected chi connectivity index (χ2v) is 3.60. The van der Waals surface area contributed by atoms with Gasteiger partial charge in [-0.1, -0.05) is 13.3 Å². The predicted molar refractivity (Wildman–Crippen MR) is 57.6 cm³/mol. The summed E-state index contributed by atoms with van der Waals surface area (Å²) in [5.41, 5.74) is 11.1. The van der Waals surface area contributed by atoms with Crippen LogP contribution in [0.2, 0.25) is 0 Å². The molecule has 0 radical (unpaired) electrons. The van der Waals surface area contributed by atoms with Crippen LogP contribution < -0.4 is 11.5 Å². The van der Waals surface area contributed by atoms with Crippen LogP contribution in [0.15, 0.2) is 16.9 Å². The van der Waals surface area contributed by atoms with E-state index in [1.807, 2.05) is 0 Å². The first-order valence-corrected chi connectivity index (χ1v) is 5.07. The summed E-state index contributed by atoms with van der Waals surface area (Å²) in [6, 6.07) is 0.284. The molecule has 0 saturated heterocycles. The first kappa shape index (κ1) is 11.2. The monoisotopic (exact) mass is 217 g/mol. The largest absolute Gasteiger partial charge is 0.403 e.